The fraction of sp³-hybridized carbons (Fsp3) is 0.227. The van der Waals surface area contributed by atoms with E-state index in [1.807, 2.05) is 20.8 Å². The molecule has 1 aromatic heterocycles. The Hall–Kier alpha value is -3.28. The zero-order valence-corrected chi connectivity index (χ0v) is 16.3. The van der Waals surface area contributed by atoms with Crippen LogP contribution >= 0.6 is 0 Å². The summed E-state index contributed by atoms with van der Waals surface area (Å²) in [6.07, 6.45) is 0. The highest BCUT2D eigenvalue weighted by Gasteiger charge is 2.15. The molecule has 28 heavy (non-hydrogen) atoms. The lowest BCUT2D eigenvalue weighted by molar-refractivity contribution is 0.0942. The number of rotatable bonds is 4. The second-order valence-corrected chi connectivity index (χ2v) is 7.08. The molecule has 3 aromatic rings. The van der Waals surface area contributed by atoms with Gasteiger partial charge in [0, 0.05) is 34.4 Å². The Labute approximate surface area is 163 Å². The number of carbonyl (C=O) groups excluding carboxylic acids is 2. The van der Waals surface area contributed by atoms with E-state index in [0.717, 1.165) is 5.56 Å². The lowest BCUT2D eigenvalue weighted by atomic mass is 10.1. The molecular formula is C22H22FN3O2. The first-order valence-electron chi connectivity index (χ1n) is 9.04. The highest BCUT2D eigenvalue weighted by Crippen LogP contribution is 2.23. The van der Waals surface area contributed by atoms with Gasteiger partial charge in [0.2, 0.25) is 0 Å². The molecular weight excluding hydrogens is 357 g/mol. The van der Waals surface area contributed by atoms with Gasteiger partial charge in [-0.05, 0) is 69.7 Å². The van der Waals surface area contributed by atoms with Crippen molar-refractivity contribution in [1.29, 1.82) is 0 Å². The van der Waals surface area contributed by atoms with Crippen LogP contribution in [0.3, 0.4) is 0 Å². The summed E-state index contributed by atoms with van der Waals surface area (Å²) in [4.78, 5) is 29.3. The number of halogens is 1. The number of anilines is 1. The van der Waals surface area contributed by atoms with E-state index in [9.17, 15) is 14.0 Å². The van der Waals surface area contributed by atoms with Crippen LogP contribution in [0.5, 0.6) is 0 Å². The van der Waals surface area contributed by atoms with Gasteiger partial charge in [-0.2, -0.15) is 0 Å². The van der Waals surface area contributed by atoms with Gasteiger partial charge < -0.3 is 10.6 Å². The highest BCUT2D eigenvalue weighted by molar-refractivity contribution is 6.12. The van der Waals surface area contributed by atoms with Crippen LogP contribution in [0.25, 0.3) is 10.9 Å². The number of nitrogens with one attached hydrogen (secondary N) is 2. The van der Waals surface area contributed by atoms with Gasteiger partial charge in [0.05, 0.1) is 11.1 Å². The number of aryl methyl sites for hydroxylation is 2. The number of hydrogen-bond acceptors (Lipinski definition) is 3. The van der Waals surface area contributed by atoms with E-state index < -0.39 is 5.82 Å². The zero-order chi connectivity index (χ0) is 20.4. The molecule has 3 rings (SSSR count). The van der Waals surface area contributed by atoms with Crippen molar-refractivity contribution < 1.29 is 14.0 Å². The lowest BCUT2D eigenvalue weighted by Crippen LogP contribution is -2.30. The largest absolute Gasteiger partial charge is 0.350 e. The molecule has 0 aliphatic rings. The molecule has 0 radical (unpaired) electrons. The van der Waals surface area contributed by atoms with Crippen LogP contribution in [-0.2, 0) is 0 Å². The number of fused-ring (bicyclic) bond motifs is 1. The van der Waals surface area contributed by atoms with E-state index in [1.54, 1.807) is 37.3 Å². The normalized spacial score (nSPS) is 10.9. The van der Waals surface area contributed by atoms with Gasteiger partial charge >= 0.3 is 0 Å². The third kappa shape index (κ3) is 4.17. The van der Waals surface area contributed by atoms with Crippen LogP contribution < -0.4 is 10.6 Å². The van der Waals surface area contributed by atoms with E-state index >= 15 is 0 Å². The predicted octanol–water partition coefficient (Wildman–Crippen LogP) is 4.38. The minimum Gasteiger partial charge on any atom is -0.350 e. The van der Waals surface area contributed by atoms with Crippen molar-refractivity contribution in [2.24, 2.45) is 0 Å². The highest BCUT2D eigenvalue weighted by atomic mass is 19.1. The van der Waals surface area contributed by atoms with Crippen molar-refractivity contribution in [3.05, 3.63) is 70.7 Å². The molecule has 0 spiro atoms. The fourth-order valence-electron chi connectivity index (χ4n) is 3.00. The molecule has 0 saturated heterocycles. The Morgan fingerprint density at radius 2 is 1.75 bits per heavy atom. The summed E-state index contributed by atoms with van der Waals surface area (Å²) in [5, 5.41) is 6.29. The molecule has 0 bridgehead atoms. The first kappa shape index (κ1) is 19.5. The van der Waals surface area contributed by atoms with Gasteiger partial charge in [-0.1, -0.05) is 0 Å². The molecule has 5 nitrogen and oxygen atoms in total. The molecule has 2 N–H and O–H groups in total. The number of hydrogen-bond donors (Lipinski definition) is 2. The topological polar surface area (TPSA) is 71.1 Å². The maximum Gasteiger partial charge on any atom is 0.256 e. The van der Waals surface area contributed by atoms with Crippen molar-refractivity contribution in [3.8, 4) is 0 Å². The summed E-state index contributed by atoms with van der Waals surface area (Å²) >= 11 is 0. The predicted molar refractivity (Wildman–Crippen MR) is 108 cm³/mol. The Morgan fingerprint density at radius 1 is 1.00 bits per heavy atom. The minimum atomic E-state index is -0.400. The van der Waals surface area contributed by atoms with Gasteiger partial charge in [0.25, 0.3) is 11.8 Å². The van der Waals surface area contributed by atoms with Gasteiger partial charge in [-0.15, -0.1) is 0 Å². The van der Waals surface area contributed by atoms with Crippen molar-refractivity contribution >= 4 is 28.4 Å². The molecule has 2 aromatic carbocycles. The van der Waals surface area contributed by atoms with Crippen molar-refractivity contribution in [2.45, 2.75) is 33.7 Å². The smallest absolute Gasteiger partial charge is 0.256 e. The lowest BCUT2D eigenvalue weighted by Gasteiger charge is -2.13. The molecule has 0 unspecified atom stereocenters. The summed E-state index contributed by atoms with van der Waals surface area (Å²) in [5.74, 6) is -0.874. The van der Waals surface area contributed by atoms with Crippen molar-refractivity contribution in [3.63, 3.8) is 0 Å². The molecule has 144 valence electrons. The number of pyridine rings is 1. The fourth-order valence-corrected chi connectivity index (χ4v) is 3.00. The summed E-state index contributed by atoms with van der Waals surface area (Å²) in [7, 11) is 0. The third-order valence-electron chi connectivity index (χ3n) is 4.30. The molecule has 2 amide bonds. The van der Waals surface area contributed by atoms with E-state index in [0.29, 0.717) is 33.4 Å². The maximum atomic E-state index is 13.5. The Morgan fingerprint density at radius 3 is 2.43 bits per heavy atom. The van der Waals surface area contributed by atoms with Gasteiger partial charge in [0.15, 0.2) is 0 Å². The molecule has 0 aliphatic heterocycles. The third-order valence-corrected chi connectivity index (χ3v) is 4.30. The van der Waals surface area contributed by atoms with Crippen LogP contribution in [0.15, 0.2) is 42.5 Å². The number of amides is 2. The summed E-state index contributed by atoms with van der Waals surface area (Å²) in [5.41, 5.74) is 3.39. The van der Waals surface area contributed by atoms with Crippen molar-refractivity contribution in [2.75, 3.05) is 5.32 Å². The Kier molecular flexibility index (Phi) is 5.40. The van der Waals surface area contributed by atoms with E-state index in [1.165, 1.54) is 12.1 Å². The van der Waals surface area contributed by atoms with Crippen LogP contribution in [0, 0.1) is 19.7 Å². The Bertz CT molecular complexity index is 1070. The van der Waals surface area contributed by atoms with Crippen LogP contribution in [-0.4, -0.2) is 22.8 Å². The summed E-state index contributed by atoms with van der Waals surface area (Å²) in [6, 6.07) is 11.0. The second kappa shape index (κ2) is 7.76. The quantitative estimate of drug-likeness (QED) is 0.707. The zero-order valence-electron chi connectivity index (χ0n) is 16.3. The molecule has 0 aliphatic carbocycles. The van der Waals surface area contributed by atoms with Crippen molar-refractivity contribution in [1.82, 2.24) is 10.3 Å². The Balaban J connectivity index is 1.89. The molecule has 6 heteroatoms. The number of benzene rings is 2. The average Bonchev–Trinajstić information content (AvgIpc) is 2.61. The van der Waals surface area contributed by atoms with Gasteiger partial charge in [-0.3, -0.25) is 14.6 Å². The average molecular weight is 379 g/mol. The van der Waals surface area contributed by atoms with Crippen LogP contribution in [0.1, 0.15) is 45.8 Å². The van der Waals surface area contributed by atoms with Gasteiger partial charge in [-0.25, -0.2) is 4.39 Å². The number of nitrogens with zero attached hydrogens (tertiary/aromatic N) is 1. The van der Waals surface area contributed by atoms with Crippen LogP contribution in [0.4, 0.5) is 10.1 Å². The summed E-state index contributed by atoms with van der Waals surface area (Å²) < 4.78 is 13.5. The molecule has 0 saturated carbocycles. The minimum absolute atomic E-state index is 0.0419. The first-order valence-corrected chi connectivity index (χ1v) is 9.04. The first-order chi connectivity index (χ1) is 13.2. The van der Waals surface area contributed by atoms with E-state index in [-0.39, 0.29) is 17.9 Å². The van der Waals surface area contributed by atoms with E-state index in [2.05, 4.69) is 15.6 Å². The maximum absolute atomic E-state index is 13.5. The molecule has 0 atom stereocenters. The number of aromatic nitrogens is 1. The standard InChI is InChI=1S/C22H22FN3O2/c1-12(2)24-21(27)15-5-8-19(13(3)9-15)26-22(28)18-10-14(4)25-20-11-16(23)6-7-17(18)20/h5-12H,1-4H3,(H,24,27)(H,26,28). The van der Waals surface area contributed by atoms with Gasteiger partial charge in [0.1, 0.15) is 5.82 Å². The summed E-state index contributed by atoms with van der Waals surface area (Å²) in [6.45, 7) is 7.38. The van der Waals surface area contributed by atoms with Crippen LogP contribution in [0.2, 0.25) is 0 Å². The molecule has 0 fully saturated rings. The second-order valence-electron chi connectivity index (χ2n) is 7.08. The SMILES string of the molecule is Cc1cc(C(=O)Nc2ccc(C(=O)NC(C)C)cc2C)c2ccc(F)cc2n1. The molecule has 1 heterocycles. The van der Waals surface area contributed by atoms with E-state index in [4.69, 9.17) is 0 Å². The monoisotopic (exact) mass is 379 g/mol. The number of carbonyl (C=O) groups is 2.